The maximum atomic E-state index is 5.06. The Kier molecular flexibility index (Phi) is 8.99. The number of hydrogen-bond acceptors (Lipinski definition) is 5. The quantitative estimate of drug-likeness (QED) is 0.152. The Morgan fingerprint density at radius 3 is 1.12 bits per heavy atom. The molecule has 4 heterocycles. The molecule has 9 aromatic carbocycles. The van der Waals surface area contributed by atoms with E-state index in [0.717, 1.165) is 89.4 Å². The third kappa shape index (κ3) is 6.50. The van der Waals surface area contributed by atoms with Gasteiger partial charge < -0.3 is 9.13 Å². The molecule has 0 saturated carbocycles. The number of aromatic nitrogens is 8. The second kappa shape index (κ2) is 15.8. The molecule has 67 heavy (non-hydrogen) atoms. The first-order chi connectivity index (χ1) is 33.2. The summed E-state index contributed by atoms with van der Waals surface area (Å²) >= 11 is 0. The molecule has 8 nitrogen and oxygen atoms in total. The smallest absolute Gasteiger partial charge is 0.168 e. The fourth-order valence-electron chi connectivity index (χ4n) is 9.55. The molecule has 0 bridgehead atoms. The van der Waals surface area contributed by atoms with Gasteiger partial charge in [0.25, 0.3) is 0 Å². The summed E-state index contributed by atoms with van der Waals surface area (Å²) in [7, 11) is 0. The molecule has 0 atom stereocenters. The average molecular weight is 859 g/mol. The van der Waals surface area contributed by atoms with Crippen LogP contribution in [0.5, 0.6) is 0 Å². The van der Waals surface area contributed by atoms with Crippen molar-refractivity contribution < 1.29 is 0 Å². The Labute approximate surface area is 385 Å². The predicted octanol–water partition coefficient (Wildman–Crippen LogP) is 14.0. The summed E-state index contributed by atoms with van der Waals surface area (Å²) in [6.07, 6.45) is 0. The third-order valence-corrected chi connectivity index (χ3v) is 12.6. The summed E-state index contributed by atoms with van der Waals surface area (Å²) in [5, 5.41) is 14.7. The van der Waals surface area contributed by atoms with E-state index >= 15 is 0 Å². The van der Waals surface area contributed by atoms with Crippen molar-refractivity contribution in [3.8, 4) is 74.0 Å². The summed E-state index contributed by atoms with van der Waals surface area (Å²) in [4.78, 5) is 15.1. The van der Waals surface area contributed by atoms with Gasteiger partial charge in [0, 0.05) is 66.4 Å². The molecule has 4 aromatic heterocycles. The van der Waals surface area contributed by atoms with Crippen molar-refractivity contribution in [2.45, 2.75) is 0 Å². The first kappa shape index (κ1) is 38.2. The number of nitrogens with zero attached hydrogens (tertiary/aromatic N) is 8. The van der Waals surface area contributed by atoms with Crippen LogP contribution < -0.4 is 0 Å². The maximum Gasteiger partial charge on any atom is 0.168 e. The van der Waals surface area contributed by atoms with Gasteiger partial charge in [-0.15, -0.1) is 10.2 Å². The van der Waals surface area contributed by atoms with Gasteiger partial charge in [-0.25, -0.2) is 15.0 Å². The van der Waals surface area contributed by atoms with Crippen LogP contribution in [0, 0.1) is 0 Å². The van der Waals surface area contributed by atoms with E-state index in [4.69, 9.17) is 25.1 Å². The monoisotopic (exact) mass is 858 g/mol. The molecular formula is C59H38N8. The Morgan fingerprint density at radius 2 is 0.612 bits per heavy atom. The SMILES string of the molecule is c1ccc(-c2nc(-c3ccccc3)nc(-c3cccc(-n4c5ccccc5c5ccc(-c6nnc(-c7ccc8c9ccccc9n(-c9ccccc9)c8c7)n6-c6ccccc6)cc54)c3)n2)cc1. The van der Waals surface area contributed by atoms with Gasteiger partial charge in [-0.3, -0.25) is 4.57 Å². The van der Waals surface area contributed by atoms with Crippen molar-refractivity contribution in [3.63, 3.8) is 0 Å². The third-order valence-electron chi connectivity index (χ3n) is 12.6. The normalized spacial score (nSPS) is 11.6. The van der Waals surface area contributed by atoms with Gasteiger partial charge in [0.05, 0.1) is 22.1 Å². The van der Waals surface area contributed by atoms with Crippen LogP contribution in [0.3, 0.4) is 0 Å². The zero-order valence-corrected chi connectivity index (χ0v) is 36.0. The summed E-state index contributed by atoms with van der Waals surface area (Å²) < 4.78 is 6.85. The minimum Gasteiger partial charge on any atom is -0.309 e. The molecule has 8 heteroatoms. The second-order valence-corrected chi connectivity index (χ2v) is 16.6. The molecule has 13 aromatic rings. The van der Waals surface area contributed by atoms with Crippen molar-refractivity contribution in [3.05, 3.63) is 231 Å². The molecule has 0 saturated heterocycles. The van der Waals surface area contributed by atoms with Crippen LogP contribution in [-0.2, 0) is 0 Å². The summed E-state index contributed by atoms with van der Waals surface area (Å²) in [5.74, 6) is 3.34. The van der Waals surface area contributed by atoms with E-state index in [-0.39, 0.29) is 0 Å². The van der Waals surface area contributed by atoms with Gasteiger partial charge in [-0.05, 0) is 60.7 Å². The fraction of sp³-hybridized carbons (Fsp3) is 0. The fourth-order valence-corrected chi connectivity index (χ4v) is 9.55. The lowest BCUT2D eigenvalue weighted by Gasteiger charge is -2.13. The molecule has 0 N–H and O–H groups in total. The largest absolute Gasteiger partial charge is 0.309 e. The van der Waals surface area contributed by atoms with Crippen molar-refractivity contribution in [1.82, 2.24) is 38.9 Å². The van der Waals surface area contributed by atoms with E-state index in [1.807, 2.05) is 66.7 Å². The van der Waals surface area contributed by atoms with E-state index in [9.17, 15) is 0 Å². The lowest BCUT2D eigenvalue weighted by Crippen LogP contribution is -2.01. The first-order valence-electron chi connectivity index (χ1n) is 22.3. The van der Waals surface area contributed by atoms with Gasteiger partial charge in [0.1, 0.15) is 0 Å². The number of benzene rings is 9. The first-order valence-corrected chi connectivity index (χ1v) is 22.3. The van der Waals surface area contributed by atoms with Crippen LogP contribution >= 0.6 is 0 Å². The zero-order chi connectivity index (χ0) is 44.3. The Balaban J connectivity index is 0.980. The van der Waals surface area contributed by atoms with Gasteiger partial charge >= 0.3 is 0 Å². The van der Waals surface area contributed by atoms with E-state index in [1.54, 1.807) is 0 Å². The molecule has 0 aliphatic carbocycles. The van der Waals surface area contributed by atoms with Gasteiger partial charge in [0.2, 0.25) is 0 Å². The van der Waals surface area contributed by atoms with E-state index in [2.05, 4.69) is 177 Å². The van der Waals surface area contributed by atoms with Crippen molar-refractivity contribution >= 4 is 43.6 Å². The minimum absolute atomic E-state index is 0.599. The Hall–Kier alpha value is -9.27. The minimum atomic E-state index is 0.599. The number of rotatable bonds is 8. The molecule has 314 valence electrons. The molecule has 13 rings (SSSR count). The van der Waals surface area contributed by atoms with E-state index in [0.29, 0.717) is 17.5 Å². The van der Waals surface area contributed by atoms with E-state index < -0.39 is 0 Å². The summed E-state index contributed by atoms with van der Waals surface area (Å²) in [6.45, 7) is 0. The van der Waals surface area contributed by atoms with Crippen LogP contribution in [0.2, 0.25) is 0 Å². The van der Waals surface area contributed by atoms with Gasteiger partial charge in [0.15, 0.2) is 29.1 Å². The zero-order valence-electron chi connectivity index (χ0n) is 36.0. The molecular weight excluding hydrogens is 821 g/mol. The van der Waals surface area contributed by atoms with Crippen LogP contribution in [0.15, 0.2) is 231 Å². The topological polar surface area (TPSA) is 79.2 Å². The molecule has 0 amide bonds. The van der Waals surface area contributed by atoms with Gasteiger partial charge in [-0.2, -0.15) is 0 Å². The van der Waals surface area contributed by atoms with E-state index in [1.165, 1.54) is 10.8 Å². The average Bonchev–Trinajstić information content (AvgIpc) is 4.10. The Morgan fingerprint density at radius 1 is 0.239 bits per heavy atom. The molecule has 0 unspecified atom stereocenters. The molecule has 0 spiro atoms. The van der Waals surface area contributed by atoms with Crippen molar-refractivity contribution in [2.24, 2.45) is 0 Å². The molecule has 0 aliphatic heterocycles. The highest BCUT2D eigenvalue weighted by molar-refractivity contribution is 6.11. The molecule has 0 fully saturated rings. The number of para-hydroxylation sites is 4. The lowest BCUT2D eigenvalue weighted by molar-refractivity contribution is 1.07. The van der Waals surface area contributed by atoms with Crippen molar-refractivity contribution in [2.75, 3.05) is 0 Å². The highest BCUT2D eigenvalue weighted by Gasteiger charge is 2.22. The highest BCUT2D eigenvalue weighted by atomic mass is 15.3. The number of hydrogen-bond donors (Lipinski definition) is 0. The molecule has 0 aliphatic rings. The van der Waals surface area contributed by atoms with Crippen LogP contribution in [0.25, 0.3) is 118 Å². The van der Waals surface area contributed by atoms with Crippen LogP contribution in [-0.4, -0.2) is 38.9 Å². The van der Waals surface area contributed by atoms with Crippen molar-refractivity contribution in [1.29, 1.82) is 0 Å². The maximum absolute atomic E-state index is 5.06. The standard InChI is InChI=1S/C59H38N8/c1-5-18-39(19-6-1)55-60-56(40-20-7-2-8-21-40)62-57(61-55)41-22-17-27-46(36-41)66-52-31-16-14-29-48(52)50-35-33-43(38-54(50)66)59-64-63-58(67(59)45-25-11-4-12-26-45)42-32-34-49-47-28-13-15-30-51(47)65(53(49)37-42)44-23-9-3-10-24-44/h1-38H. The highest BCUT2D eigenvalue weighted by Crippen LogP contribution is 2.39. The Bertz CT molecular complexity index is 3910. The number of fused-ring (bicyclic) bond motifs is 6. The predicted molar refractivity (Wildman–Crippen MR) is 271 cm³/mol. The lowest BCUT2D eigenvalue weighted by atomic mass is 10.1. The second-order valence-electron chi connectivity index (χ2n) is 16.6. The summed E-state index contributed by atoms with van der Waals surface area (Å²) in [5.41, 5.74) is 12.1. The van der Waals surface area contributed by atoms with Crippen LogP contribution in [0.4, 0.5) is 0 Å². The van der Waals surface area contributed by atoms with Crippen LogP contribution in [0.1, 0.15) is 0 Å². The summed E-state index contributed by atoms with van der Waals surface area (Å²) in [6, 6.07) is 80.0. The molecule has 0 radical (unpaired) electrons. The van der Waals surface area contributed by atoms with Gasteiger partial charge in [-0.1, -0.05) is 170 Å².